The number of phenols is 1. The number of phenolic OH excluding ortho intramolecular Hbond substituents is 1. The van der Waals surface area contributed by atoms with E-state index in [1.54, 1.807) is 59.5 Å². The lowest BCUT2D eigenvalue weighted by Gasteiger charge is -2.33. The molecule has 0 unspecified atom stereocenters. The highest BCUT2D eigenvalue weighted by atomic mass is 16.5. The molecule has 3 atom stereocenters. The summed E-state index contributed by atoms with van der Waals surface area (Å²) in [5.74, 6) is -1.47. The molecular weight excluding hydrogens is 851 g/mol. The van der Waals surface area contributed by atoms with E-state index in [2.05, 4.69) is 44.8 Å². The number of amides is 2. The first kappa shape index (κ1) is 46.7. The molecule has 6 aromatic rings. The molecule has 2 aliphatic rings. The molecule has 7 N–H and O–H groups in total. The van der Waals surface area contributed by atoms with Crippen molar-refractivity contribution in [1.82, 2.24) is 25.4 Å². The number of aromatic amines is 1. The van der Waals surface area contributed by atoms with E-state index in [0.29, 0.717) is 66.9 Å². The van der Waals surface area contributed by atoms with Gasteiger partial charge in [0.15, 0.2) is 6.61 Å². The Labute approximate surface area is 388 Å². The number of aromatic hydroxyl groups is 1. The number of carbonyl (C=O) groups is 3. The first-order valence-electron chi connectivity index (χ1n) is 22.9. The lowest BCUT2D eigenvalue weighted by Crippen LogP contribution is -2.50. The summed E-state index contributed by atoms with van der Waals surface area (Å²) in [6.07, 6.45) is 3.03. The fourth-order valence-electron chi connectivity index (χ4n) is 9.42. The summed E-state index contributed by atoms with van der Waals surface area (Å²) in [6, 6.07) is 36.7. The number of H-pyrrole nitrogens is 1. The Morgan fingerprint density at radius 2 is 1.60 bits per heavy atom. The highest BCUT2D eigenvalue weighted by molar-refractivity contribution is 5.94. The second-order valence-corrected chi connectivity index (χ2v) is 17.7. The van der Waals surface area contributed by atoms with Gasteiger partial charge in [-0.15, -0.1) is 0 Å². The Morgan fingerprint density at radius 1 is 0.836 bits per heavy atom. The van der Waals surface area contributed by atoms with E-state index in [1.165, 1.54) is 23.8 Å². The number of aliphatic carboxylic acids is 1. The number of likely N-dealkylation sites (tertiary alicyclic amines) is 2. The summed E-state index contributed by atoms with van der Waals surface area (Å²) in [5, 5.41) is 50.5. The lowest BCUT2D eigenvalue weighted by molar-refractivity contribution is -0.155. The molecule has 0 spiro atoms. The lowest BCUT2D eigenvalue weighted by atomic mass is 9.80. The number of carbonyl (C=O) groups excluding carboxylic acids is 2. The molecule has 0 bridgehead atoms. The molecule has 2 fully saturated rings. The molecule has 14 nitrogen and oxygen atoms in total. The number of nitrogens with one attached hydrogen (secondary N) is 3. The molecule has 0 saturated carbocycles. The maximum absolute atomic E-state index is 13.6. The van der Waals surface area contributed by atoms with Crippen molar-refractivity contribution in [2.24, 2.45) is 5.92 Å². The van der Waals surface area contributed by atoms with Crippen molar-refractivity contribution in [2.75, 3.05) is 39.3 Å². The van der Waals surface area contributed by atoms with E-state index in [1.807, 2.05) is 30.3 Å². The average Bonchev–Trinajstić information content (AvgIpc) is 3.34. The van der Waals surface area contributed by atoms with Crippen molar-refractivity contribution in [3.8, 4) is 11.5 Å². The van der Waals surface area contributed by atoms with Gasteiger partial charge >= 0.3 is 5.97 Å². The van der Waals surface area contributed by atoms with Crippen LogP contribution in [0.2, 0.25) is 0 Å². The molecule has 348 valence electrons. The van der Waals surface area contributed by atoms with Gasteiger partial charge < -0.3 is 45.7 Å². The summed E-state index contributed by atoms with van der Waals surface area (Å²) in [7, 11) is 0. The van der Waals surface area contributed by atoms with E-state index in [0.717, 1.165) is 43.6 Å². The fourth-order valence-corrected chi connectivity index (χ4v) is 9.42. The van der Waals surface area contributed by atoms with Crippen molar-refractivity contribution in [3.63, 3.8) is 0 Å². The third-order valence-corrected chi connectivity index (χ3v) is 13.0. The predicted octanol–water partition coefficient (Wildman–Crippen LogP) is 5.63. The number of aliphatic hydroxyl groups excluding tert-OH is 1. The minimum absolute atomic E-state index is 0.0779. The number of carboxylic acid groups (broad SMARTS) is 1. The van der Waals surface area contributed by atoms with Crippen LogP contribution >= 0.6 is 0 Å². The molecule has 0 radical (unpaired) electrons. The molecule has 2 aliphatic heterocycles. The number of nitrogens with zero attached hydrogens (tertiary/aromatic N) is 2. The van der Waals surface area contributed by atoms with Crippen LogP contribution in [-0.2, 0) is 34.7 Å². The second-order valence-electron chi connectivity index (χ2n) is 17.7. The molecule has 5 aromatic carbocycles. The van der Waals surface area contributed by atoms with E-state index >= 15 is 0 Å². The molecular formula is C53H57N5O9. The number of aliphatic hydroxyl groups is 2. The Kier molecular flexibility index (Phi) is 14.8. The summed E-state index contributed by atoms with van der Waals surface area (Å²) < 4.78 is 5.87. The number of aromatic nitrogens is 1. The van der Waals surface area contributed by atoms with E-state index in [9.17, 15) is 39.6 Å². The van der Waals surface area contributed by atoms with Crippen molar-refractivity contribution in [3.05, 3.63) is 177 Å². The third-order valence-electron chi connectivity index (χ3n) is 13.0. The molecule has 1 aromatic heterocycles. The maximum atomic E-state index is 13.6. The predicted molar refractivity (Wildman–Crippen MR) is 254 cm³/mol. The van der Waals surface area contributed by atoms with Crippen LogP contribution in [0.15, 0.2) is 132 Å². The molecule has 67 heavy (non-hydrogen) atoms. The van der Waals surface area contributed by atoms with Crippen LogP contribution in [-0.4, -0.2) is 98.4 Å². The average molecular weight is 908 g/mol. The van der Waals surface area contributed by atoms with Gasteiger partial charge in [-0.25, -0.2) is 4.79 Å². The zero-order valence-electron chi connectivity index (χ0n) is 37.3. The highest BCUT2D eigenvalue weighted by Crippen LogP contribution is 2.36. The number of ether oxygens (including phenoxy) is 1. The number of rotatable bonds is 17. The molecule has 14 heteroatoms. The van der Waals surface area contributed by atoms with Gasteiger partial charge in [-0.1, -0.05) is 84.9 Å². The van der Waals surface area contributed by atoms with Gasteiger partial charge in [-0.05, 0) is 110 Å². The molecule has 8 rings (SSSR count). The van der Waals surface area contributed by atoms with Gasteiger partial charge in [0, 0.05) is 66.9 Å². The standard InChI is InChI=1S/C53H57N5O9/c59-46-21-19-43(44-20-22-48(61)56-50(44)46)47(60)31-54-30-36-15-17-38(18-16-36)51(63)58-25-7-12-41(33-58)55-49(62)34-67-42-13-6-11-40(29-42)53(66,52(64)65)45-14-5-4-10-39(45)28-35-23-26-57(27-24-35)32-37-8-2-1-3-9-37/h1-6,8-11,13-22,29,35,41,47,54,59-60,66H,7,12,23-28,30-34H2,(H,55,62)(H,56,61)(H,64,65)/t41-,47+,53+/m1/s1. The van der Waals surface area contributed by atoms with Crippen LogP contribution in [0.1, 0.15) is 75.5 Å². The number of carboxylic acids is 1. The second kappa shape index (κ2) is 21.2. The zero-order chi connectivity index (χ0) is 46.9. The quantitative estimate of drug-likeness (QED) is 0.0598. The zero-order valence-corrected chi connectivity index (χ0v) is 37.3. The normalized spacial score (nSPS) is 17.1. The van der Waals surface area contributed by atoms with Crippen molar-refractivity contribution in [1.29, 1.82) is 0 Å². The van der Waals surface area contributed by atoms with E-state index in [4.69, 9.17) is 4.74 Å². The van der Waals surface area contributed by atoms with Gasteiger partial charge in [0.1, 0.15) is 11.5 Å². The topological polar surface area (TPSA) is 205 Å². The molecule has 0 aliphatic carbocycles. The smallest absolute Gasteiger partial charge is 0.345 e. The van der Waals surface area contributed by atoms with Gasteiger partial charge in [0.05, 0.1) is 11.6 Å². The summed E-state index contributed by atoms with van der Waals surface area (Å²) in [5.41, 5.74) is 2.01. The molecule has 3 heterocycles. The van der Waals surface area contributed by atoms with Crippen molar-refractivity contribution in [2.45, 2.75) is 62.9 Å². The van der Waals surface area contributed by atoms with Crippen LogP contribution in [0, 0.1) is 5.92 Å². The highest BCUT2D eigenvalue weighted by Gasteiger charge is 2.42. The number of fused-ring (bicyclic) bond motifs is 1. The van der Waals surface area contributed by atoms with E-state index < -0.39 is 23.6 Å². The Morgan fingerprint density at radius 3 is 2.37 bits per heavy atom. The van der Waals surface area contributed by atoms with Crippen LogP contribution in [0.4, 0.5) is 0 Å². The van der Waals surface area contributed by atoms with Crippen molar-refractivity contribution >= 4 is 28.7 Å². The maximum Gasteiger partial charge on any atom is 0.345 e. The van der Waals surface area contributed by atoms with Crippen LogP contribution < -0.4 is 20.9 Å². The third kappa shape index (κ3) is 11.2. The number of piperidine rings is 2. The molecule has 2 saturated heterocycles. The summed E-state index contributed by atoms with van der Waals surface area (Å²) in [6.45, 7) is 3.91. The Balaban J connectivity index is 0.816. The number of benzene rings is 5. The number of pyridine rings is 1. The van der Waals surface area contributed by atoms with Crippen LogP contribution in [0.5, 0.6) is 11.5 Å². The van der Waals surface area contributed by atoms with Gasteiger partial charge in [-0.2, -0.15) is 0 Å². The Hall–Kier alpha value is -6.84. The monoisotopic (exact) mass is 907 g/mol. The van der Waals surface area contributed by atoms with Gasteiger partial charge in [0.2, 0.25) is 11.2 Å². The van der Waals surface area contributed by atoms with Crippen LogP contribution in [0.25, 0.3) is 10.9 Å². The first-order valence-corrected chi connectivity index (χ1v) is 22.9. The van der Waals surface area contributed by atoms with E-state index in [-0.39, 0.29) is 53.2 Å². The number of hydrogen-bond acceptors (Lipinski definition) is 10. The SMILES string of the molecule is O=C(COc1cccc([C@@](O)(C(=O)O)c2ccccc2CC2CCN(Cc3ccccc3)CC2)c1)N[C@@H]1CCCN(C(=O)c2ccc(CNC[C@H](O)c3ccc(O)c4[nH]c(=O)ccc34)cc2)C1. The Bertz CT molecular complexity index is 2740. The molecule has 2 amide bonds. The fraction of sp³-hybridized carbons (Fsp3) is 0.321. The van der Waals surface area contributed by atoms with Gasteiger partial charge in [-0.3, -0.25) is 19.3 Å². The largest absolute Gasteiger partial charge is 0.506 e. The van der Waals surface area contributed by atoms with Gasteiger partial charge in [0.25, 0.3) is 11.8 Å². The first-order chi connectivity index (χ1) is 32.4. The minimum atomic E-state index is -2.36. The minimum Gasteiger partial charge on any atom is -0.506 e. The summed E-state index contributed by atoms with van der Waals surface area (Å²) >= 11 is 0. The number of hydrogen-bond donors (Lipinski definition) is 7. The van der Waals surface area contributed by atoms with Crippen LogP contribution in [0.3, 0.4) is 0 Å². The summed E-state index contributed by atoms with van der Waals surface area (Å²) in [4.78, 5) is 58.3. The van der Waals surface area contributed by atoms with Crippen molar-refractivity contribution < 1.29 is 39.5 Å².